The second-order valence-corrected chi connectivity index (χ2v) is 6.72. The first-order valence-electron chi connectivity index (χ1n) is 8.84. The summed E-state index contributed by atoms with van der Waals surface area (Å²) in [6, 6.07) is 16.8. The van der Waals surface area contributed by atoms with Gasteiger partial charge < -0.3 is 9.47 Å². The lowest BCUT2D eigenvalue weighted by molar-refractivity contribution is 0.388. The van der Waals surface area contributed by atoms with E-state index in [4.69, 9.17) is 15.9 Å². The predicted octanol–water partition coefficient (Wildman–Crippen LogP) is 5.15. The lowest BCUT2D eigenvalue weighted by atomic mass is 9.84. The van der Waals surface area contributed by atoms with Crippen molar-refractivity contribution < 1.29 is 9.47 Å². The van der Waals surface area contributed by atoms with E-state index in [0.717, 1.165) is 37.2 Å². The molecule has 0 fully saturated rings. The highest BCUT2D eigenvalue weighted by Gasteiger charge is 2.15. The summed E-state index contributed by atoms with van der Waals surface area (Å²) < 4.78 is 10.5. The molecule has 0 aliphatic rings. The van der Waals surface area contributed by atoms with Crippen molar-refractivity contribution in [3.8, 4) is 23.8 Å². The molecule has 0 aliphatic carbocycles. The highest BCUT2D eigenvalue weighted by Crippen LogP contribution is 2.25. The molecule has 2 aromatic rings. The molecule has 25 heavy (non-hydrogen) atoms. The van der Waals surface area contributed by atoms with Gasteiger partial charge in [0.1, 0.15) is 11.5 Å². The van der Waals surface area contributed by atoms with Gasteiger partial charge in [0, 0.05) is 6.42 Å². The van der Waals surface area contributed by atoms with E-state index in [1.165, 1.54) is 11.1 Å². The molecular weight excluding hydrogens is 308 g/mol. The Hall–Kier alpha value is -2.40. The van der Waals surface area contributed by atoms with Crippen molar-refractivity contribution in [2.75, 3.05) is 14.2 Å². The Bertz CT molecular complexity index is 615. The summed E-state index contributed by atoms with van der Waals surface area (Å²) in [6.45, 7) is 2.24. The molecule has 2 nitrogen and oxygen atoms in total. The molecule has 0 bridgehead atoms. The van der Waals surface area contributed by atoms with Crippen molar-refractivity contribution >= 4 is 0 Å². The van der Waals surface area contributed by atoms with E-state index in [9.17, 15) is 0 Å². The second-order valence-electron chi connectivity index (χ2n) is 6.72. The van der Waals surface area contributed by atoms with Gasteiger partial charge in [0.15, 0.2) is 0 Å². The summed E-state index contributed by atoms with van der Waals surface area (Å²) in [7, 11) is 3.39. The second kappa shape index (κ2) is 9.79. The average molecular weight is 336 g/mol. The van der Waals surface area contributed by atoms with Crippen LogP contribution in [0.25, 0.3) is 0 Å². The van der Waals surface area contributed by atoms with Gasteiger partial charge >= 0.3 is 0 Å². The zero-order chi connectivity index (χ0) is 18.1. The van der Waals surface area contributed by atoms with Gasteiger partial charge in [-0.25, -0.2) is 0 Å². The largest absolute Gasteiger partial charge is 0.497 e. The first-order valence-corrected chi connectivity index (χ1v) is 8.84. The van der Waals surface area contributed by atoms with Crippen LogP contribution in [-0.4, -0.2) is 14.2 Å². The summed E-state index contributed by atoms with van der Waals surface area (Å²) in [4.78, 5) is 0. The Kier molecular flexibility index (Phi) is 7.41. The molecule has 2 rings (SSSR count). The highest BCUT2D eigenvalue weighted by atomic mass is 16.5. The van der Waals surface area contributed by atoms with Crippen LogP contribution >= 0.6 is 0 Å². The van der Waals surface area contributed by atoms with E-state index in [1.54, 1.807) is 14.2 Å². The van der Waals surface area contributed by atoms with Gasteiger partial charge in [-0.1, -0.05) is 31.2 Å². The van der Waals surface area contributed by atoms with Crippen LogP contribution in [0.2, 0.25) is 0 Å². The van der Waals surface area contributed by atoms with Gasteiger partial charge in [0.05, 0.1) is 14.2 Å². The van der Waals surface area contributed by atoms with Crippen molar-refractivity contribution in [3.63, 3.8) is 0 Å². The van der Waals surface area contributed by atoms with Crippen molar-refractivity contribution in [2.24, 2.45) is 11.8 Å². The number of ether oxygens (including phenoxy) is 2. The van der Waals surface area contributed by atoms with Gasteiger partial charge in [-0.15, -0.1) is 12.3 Å². The van der Waals surface area contributed by atoms with Crippen molar-refractivity contribution in [2.45, 2.75) is 32.6 Å². The maximum atomic E-state index is 5.50. The van der Waals surface area contributed by atoms with Crippen LogP contribution in [0.5, 0.6) is 11.5 Å². The van der Waals surface area contributed by atoms with Gasteiger partial charge in [-0.3, -0.25) is 0 Å². The lowest BCUT2D eigenvalue weighted by Gasteiger charge is -2.21. The third-order valence-corrected chi connectivity index (χ3v) is 4.57. The van der Waals surface area contributed by atoms with Crippen molar-refractivity contribution in [1.29, 1.82) is 0 Å². The Labute approximate surface area is 152 Å². The van der Waals surface area contributed by atoms with Gasteiger partial charge in [-0.05, 0) is 66.5 Å². The van der Waals surface area contributed by atoms with Gasteiger partial charge in [0.2, 0.25) is 0 Å². The van der Waals surface area contributed by atoms with E-state index < -0.39 is 0 Å². The minimum atomic E-state index is 0.534. The molecule has 0 spiro atoms. The molecule has 132 valence electrons. The van der Waals surface area contributed by atoms with E-state index >= 15 is 0 Å². The minimum Gasteiger partial charge on any atom is -0.497 e. The fourth-order valence-electron chi connectivity index (χ4n) is 3.28. The molecule has 0 N–H and O–H groups in total. The molecule has 0 radical (unpaired) electrons. The van der Waals surface area contributed by atoms with Gasteiger partial charge in [0.25, 0.3) is 0 Å². The van der Waals surface area contributed by atoms with Crippen LogP contribution in [0.4, 0.5) is 0 Å². The number of hydrogen-bond acceptors (Lipinski definition) is 2. The summed E-state index contributed by atoms with van der Waals surface area (Å²) >= 11 is 0. The van der Waals surface area contributed by atoms with E-state index in [0.29, 0.717) is 11.8 Å². The summed E-state index contributed by atoms with van der Waals surface area (Å²) in [5.74, 6) is 5.69. The first-order chi connectivity index (χ1) is 12.1. The maximum Gasteiger partial charge on any atom is 0.118 e. The molecule has 2 aromatic carbocycles. The smallest absolute Gasteiger partial charge is 0.118 e. The standard InChI is InChI=1S/C23H28O2/c1-5-6-18(2)15-21(16-19-7-11-22(24-3)12-8-19)17-20-9-13-23(25-4)14-10-20/h1,7-14,18,21H,6,15-17H2,2-4H3. The van der Waals surface area contributed by atoms with E-state index in [1.807, 2.05) is 24.3 Å². The molecule has 0 aliphatic heterocycles. The average Bonchev–Trinajstić information content (AvgIpc) is 2.63. The number of terminal acetylenes is 1. The third kappa shape index (κ3) is 6.19. The Morgan fingerprint density at radius 2 is 1.28 bits per heavy atom. The summed E-state index contributed by atoms with van der Waals surface area (Å²) in [6.07, 6.45) is 9.55. The Balaban J connectivity index is 2.08. The number of benzene rings is 2. The lowest BCUT2D eigenvalue weighted by Crippen LogP contribution is -2.13. The molecule has 0 aromatic heterocycles. The molecule has 2 heteroatoms. The first kappa shape index (κ1) is 18.9. The quantitative estimate of drug-likeness (QED) is 0.589. The van der Waals surface area contributed by atoms with E-state index in [2.05, 4.69) is 37.1 Å². The topological polar surface area (TPSA) is 18.5 Å². The molecule has 0 saturated carbocycles. The molecule has 0 amide bonds. The fourth-order valence-corrected chi connectivity index (χ4v) is 3.28. The predicted molar refractivity (Wildman–Crippen MR) is 104 cm³/mol. The molecule has 1 unspecified atom stereocenters. The number of rotatable bonds is 9. The Morgan fingerprint density at radius 3 is 1.64 bits per heavy atom. The Morgan fingerprint density at radius 1 is 0.840 bits per heavy atom. The molecule has 1 atom stereocenters. The SMILES string of the molecule is C#CCC(C)CC(Cc1ccc(OC)cc1)Cc1ccc(OC)cc1. The zero-order valence-electron chi connectivity index (χ0n) is 15.5. The number of hydrogen-bond donors (Lipinski definition) is 0. The highest BCUT2D eigenvalue weighted by molar-refractivity contribution is 5.29. The van der Waals surface area contributed by atoms with Crippen LogP contribution in [-0.2, 0) is 12.8 Å². The third-order valence-electron chi connectivity index (χ3n) is 4.57. The van der Waals surface area contributed by atoms with E-state index in [-0.39, 0.29) is 0 Å². The fraction of sp³-hybridized carbons (Fsp3) is 0.391. The number of methoxy groups -OCH3 is 2. The van der Waals surface area contributed by atoms with Crippen LogP contribution in [0.1, 0.15) is 30.9 Å². The van der Waals surface area contributed by atoms with Crippen molar-refractivity contribution in [1.82, 2.24) is 0 Å². The maximum absolute atomic E-state index is 5.50. The minimum absolute atomic E-state index is 0.534. The normalized spacial score (nSPS) is 11.8. The van der Waals surface area contributed by atoms with Crippen molar-refractivity contribution in [3.05, 3.63) is 59.7 Å². The summed E-state index contributed by atoms with van der Waals surface area (Å²) in [5.41, 5.74) is 2.68. The van der Waals surface area contributed by atoms with Gasteiger partial charge in [-0.2, -0.15) is 0 Å². The monoisotopic (exact) mass is 336 g/mol. The molecule has 0 saturated heterocycles. The molecule has 0 heterocycles. The van der Waals surface area contributed by atoms with Crippen LogP contribution in [0.3, 0.4) is 0 Å². The van der Waals surface area contributed by atoms with Crippen LogP contribution < -0.4 is 9.47 Å². The summed E-state index contributed by atoms with van der Waals surface area (Å²) in [5, 5.41) is 0. The zero-order valence-corrected chi connectivity index (χ0v) is 15.5. The van der Waals surface area contributed by atoms with Crippen LogP contribution in [0, 0.1) is 24.2 Å². The van der Waals surface area contributed by atoms with Crippen LogP contribution in [0.15, 0.2) is 48.5 Å². The molecular formula is C23H28O2.